The Morgan fingerprint density at radius 2 is 2.33 bits per heavy atom. The molecule has 18 heavy (non-hydrogen) atoms. The molecular formula is C14H19NO3. The van der Waals surface area contributed by atoms with Gasteiger partial charge in [0.05, 0.1) is 31.0 Å². The van der Waals surface area contributed by atoms with Gasteiger partial charge >= 0.3 is 0 Å². The van der Waals surface area contributed by atoms with Gasteiger partial charge in [0.1, 0.15) is 5.75 Å². The summed E-state index contributed by atoms with van der Waals surface area (Å²) in [5.74, 6) is 0.592. The largest absolute Gasteiger partial charge is 0.496 e. The Morgan fingerprint density at radius 1 is 1.56 bits per heavy atom. The molecule has 1 N–H and O–H groups in total. The van der Waals surface area contributed by atoms with Gasteiger partial charge in [0, 0.05) is 6.54 Å². The van der Waals surface area contributed by atoms with Gasteiger partial charge < -0.3 is 14.7 Å². The molecule has 1 saturated heterocycles. The quantitative estimate of drug-likeness (QED) is 0.827. The number of carbonyl (C=O) groups excluding carboxylic acids is 1. The van der Waals surface area contributed by atoms with E-state index in [0.29, 0.717) is 11.3 Å². The standard InChI is InChI=1S/C14H19NO3/c1-10(17)14-12(6-3-7-13(14)18-2)15-8-4-5-11(15)9-16/h3,6-7,11,16H,4-5,8-9H2,1-2H3. The summed E-state index contributed by atoms with van der Waals surface area (Å²) < 4.78 is 5.27. The zero-order valence-corrected chi connectivity index (χ0v) is 10.8. The number of methoxy groups -OCH3 is 1. The second-order valence-corrected chi connectivity index (χ2v) is 4.58. The minimum absolute atomic E-state index is 0.00830. The lowest BCUT2D eigenvalue weighted by atomic mass is 10.1. The molecule has 1 aromatic carbocycles. The number of Topliss-reactive ketones (excluding diaryl/α,β-unsaturated/α-hetero) is 1. The van der Waals surface area contributed by atoms with Crippen molar-refractivity contribution in [2.24, 2.45) is 0 Å². The van der Waals surface area contributed by atoms with Crippen molar-refractivity contribution in [3.8, 4) is 5.75 Å². The molecular weight excluding hydrogens is 230 g/mol. The first kappa shape index (κ1) is 12.9. The summed E-state index contributed by atoms with van der Waals surface area (Å²) in [5.41, 5.74) is 1.48. The summed E-state index contributed by atoms with van der Waals surface area (Å²) in [6, 6.07) is 5.71. The Bertz CT molecular complexity index is 445. The molecule has 0 aromatic heterocycles. The van der Waals surface area contributed by atoms with Crippen LogP contribution >= 0.6 is 0 Å². The molecule has 0 spiro atoms. The second-order valence-electron chi connectivity index (χ2n) is 4.58. The molecule has 0 saturated carbocycles. The fourth-order valence-corrected chi connectivity index (χ4v) is 2.63. The first-order valence-corrected chi connectivity index (χ1v) is 6.24. The number of nitrogens with zero attached hydrogens (tertiary/aromatic N) is 1. The predicted octanol–water partition coefficient (Wildman–Crippen LogP) is 1.86. The van der Waals surface area contributed by atoms with E-state index in [9.17, 15) is 9.90 Å². The highest BCUT2D eigenvalue weighted by Crippen LogP contribution is 2.34. The minimum atomic E-state index is -0.00830. The van der Waals surface area contributed by atoms with Crippen LogP contribution in [0.25, 0.3) is 0 Å². The lowest BCUT2D eigenvalue weighted by Crippen LogP contribution is -2.33. The van der Waals surface area contributed by atoms with Crippen LogP contribution in [-0.2, 0) is 0 Å². The number of ether oxygens (including phenoxy) is 1. The molecule has 98 valence electrons. The van der Waals surface area contributed by atoms with Crippen molar-refractivity contribution in [3.05, 3.63) is 23.8 Å². The molecule has 1 atom stereocenters. The first-order valence-electron chi connectivity index (χ1n) is 6.24. The van der Waals surface area contributed by atoms with Gasteiger partial charge in [0.25, 0.3) is 0 Å². The van der Waals surface area contributed by atoms with Crippen molar-refractivity contribution in [1.29, 1.82) is 0 Å². The van der Waals surface area contributed by atoms with E-state index in [0.717, 1.165) is 25.1 Å². The van der Waals surface area contributed by atoms with Gasteiger partial charge in [-0.05, 0) is 31.9 Å². The van der Waals surface area contributed by atoms with E-state index in [1.165, 1.54) is 0 Å². The van der Waals surface area contributed by atoms with Crippen LogP contribution in [0.2, 0.25) is 0 Å². The van der Waals surface area contributed by atoms with Crippen LogP contribution in [0.3, 0.4) is 0 Å². The van der Waals surface area contributed by atoms with E-state index >= 15 is 0 Å². The number of ketones is 1. The van der Waals surface area contributed by atoms with Crippen LogP contribution in [0, 0.1) is 0 Å². The third-order valence-electron chi connectivity index (χ3n) is 3.47. The molecule has 4 nitrogen and oxygen atoms in total. The number of aliphatic hydroxyl groups is 1. The third kappa shape index (κ3) is 2.20. The Hall–Kier alpha value is -1.55. The Morgan fingerprint density at radius 3 is 2.94 bits per heavy atom. The summed E-state index contributed by atoms with van der Waals surface area (Å²) in [7, 11) is 1.57. The maximum Gasteiger partial charge on any atom is 0.165 e. The number of hydrogen-bond acceptors (Lipinski definition) is 4. The van der Waals surface area contributed by atoms with Crippen molar-refractivity contribution >= 4 is 11.5 Å². The first-order chi connectivity index (χ1) is 8.69. The van der Waals surface area contributed by atoms with Crippen LogP contribution in [0.1, 0.15) is 30.1 Å². The van der Waals surface area contributed by atoms with Crippen LogP contribution in [-0.4, -0.2) is 37.2 Å². The van der Waals surface area contributed by atoms with Crippen molar-refractivity contribution < 1.29 is 14.6 Å². The average molecular weight is 249 g/mol. The van der Waals surface area contributed by atoms with Crippen molar-refractivity contribution in [3.63, 3.8) is 0 Å². The average Bonchev–Trinajstić information content (AvgIpc) is 2.85. The maximum atomic E-state index is 11.8. The summed E-state index contributed by atoms with van der Waals surface area (Å²) in [6.07, 6.45) is 2.00. The molecule has 1 aromatic rings. The number of benzene rings is 1. The number of rotatable bonds is 4. The van der Waals surface area contributed by atoms with E-state index in [1.807, 2.05) is 12.1 Å². The van der Waals surface area contributed by atoms with Gasteiger partial charge in [-0.25, -0.2) is 0 Å². The number of carbonyl (C=O) groups is 1. The second kappa shape index (κ2) is 5.40. The third-order valence-corrected chi connectivity index (χ3v) is 3.47. The lowest BCUT2D eigenvalue weighted by Gasteiger charge is -2.27. The van der Waals surface area contributed by atoms with Crippen molar-refractivity contribution in [2.45, 2.75) is 25.8 Å². The van der Waals surface area contributed by atoms with Gasteiger partial charge in [-0.15, -0.1) is 0 Å². The van der Waals surface area contributed by atoms with E-state index in [2.05, 4.69) is 4.90 Å². The van der Waals surface area contributed by atoms with Gasteiger partial charge in [-0.1, -0.05) is 6.07 Å². The molecule has 0 aliphatic carbocycles. The van der Waals surface area contributed by atoms with Crippen LogP contribution in [0.4, 0.5) is 5.69 Å². The molecule has 2 rings (SSSR count). The van der Waals surface area contributed by atoms with Gasteiger partial charge in [0.2, 0.25) is 0 Å². The van der Waals surface area contributed by atoms with Crippen LogP contribution < -0.4 is 9.64 Å². The van der Waals surface area contributed by atoms with Crippen molar-refractivity contribution in [2.75, 3.05) is 25.2 Å². The molecule has 4 heteroatoms. The molecule has 1 fully saturated rings. The highest BCUT2D eigenvalue weighted by molar-refractivity contribution is 6.02. The zero-order valence-electron chi connectivity index (χ0n) is 10.8. The van der Waals surface area contributed by atoms with Gasteiger partial charge in [-0.3, -0.25) is 4.79 Å². The Kier molecular flexibility index (Phi) is 3.87. The van der Waals surface area contributed by atoms with E-state index < -0.39 is 0 Å². The summed E-state index contributed by atoms with van der Waals surface area (Å²) >= 11 is 0. The van der Waals surface area contributed by atoms with Gasteiger partial charge in [-0.2, -0.15) is 0 Å². The molecule has 1 aliphatic heterocycles. The van der Waals surface area contributed by atoms with E-state index in [1.54, 1.807) is 20.1 Å². The number of hydrogen-bond donors (Lipinski definition) is 1. The van der Waals surface area contributed by atoms with Gasteiger partial charge in [0.15, 0.2) is 5.78 Å². The SMILES string of the molecule is COc1cccc(N2CCCC2CO)c1C(C)=O. The highest BCUT2D eigenvalue weighted by Gasteiger charge is 2.27. The van der Waals surface area contributed by atoms with Crippen LogP contribution in [0.15, 0.2) is 18.2 Å². The van der Waals surface area contributed by atoms with Crippen LogP contribution in [0.5, 0.6) is 5.75 Å². The van der Waals surface area contributed by atoms with E-state index in [4.69, 9.17) is 4.74 Å². The molecule has 0 radical (unpaired) electrons. The summed E-state index contributed by atoms with van der Waals surface area (Å²) in [5, 5.41) is 9.40. The van der Waals surface area contributed by atoms with Crippen molar-refractivity contribution in [1.82, 2.24) is 0 Å². The summed E-state index contributed by atoms with van der Waals surface area (Å²) in [6.45, 7) is 2.54. The normalized spacial score (nSPS) is 19.1. The fraction of sp³-hybridized carbons (Fsp3) is 0.500. The predicted molar refractivity (Wildman–Crippen MR) is 70.5 cm³/mol. The zero-order chi connectivity index (χ0) is 13.1. The fourth-order valence-electron chi connectivity index (χ4n) is 2.63. The Balaban J connectivity index is 2.46. The monoisotopic (exact) mass is 249 g/mol. The van der Waals surface area contributed by atoms with E-state index in [-0.39, 0.29) is 18.4 Å². The minimum Gasteiger partial charge on any atom is -0.496 e. The molecule has 1 heterocycles. The smallest absolute Gasteiger partial charge is 0.165 e. The number of anilines is 1. The Labute approximate surface area is 107 Å². The molecule has 1 unspecified atom stereocenters. The number of aliphatic hydroxyl groups excluding tert-OH is 1. The summed E-state index contributed by atoms with van der Waals surface area (Å²) in [4.78, 5) is 13.9. The highest BCUT2D eigenvalue weighted by atomic mass is 16.5. The topological polar surface area (TPSA) is 49.8 Å². The lowest BCUT2D eigenvalue weighted by molar-refractivity contribution is 0.101. The maximum absolute atomic E-state index is 11.8. The molecule has 1 aliphatic rings. The molecule has 0 amide bonds. The molecule has 0 bridgehead atoms.